The van der Waals surface area contributed by atoms with Gasteiger partial charge in [0.1, 0.15) is 27.2 Å². The third-order valence-corrected chi connectivity index (χ3v) is 6.68. The molecule has 0 atom stereocenters. The highest BCUT2D eigenvalue weighted by atomic mass is 35.5. The number of anilines is 1. The predicted molar refractivity (Wildman–Crippen MR) is 107 cm³/mol. The van der Waals surface area contributed by atoms with Gasteiger partial charge in [-0.1, -0.05) is 22.9 Å². The number of nitrogens with zero attached hydrogens (tertiary/aromatic N) is 3. The van der Waals surface area contributed by atoms with E-state index in [2.05, 4.69) is 20.5 Å². The molecule has 27 heavy (non-hydrogen) atoms. The number of hydrogen-bond acceptors (Lipinski definition) is 7. The largest absolute Gasteiger partial charge is 0.486 e. The van der Waals surface area contributed by atoms with Crippen LogP contribution < -0.4 is 10.1 Å². The molecule has 1 aliphatic rings. The number of ether oxygens (including phenoxy) is 1. The molecule has 3 aromatic rings. The Morgan fingerprint density at radius 2 is 2.11 bits per heavy atom. The van der Waals surface area contributed by atoms with E-state index in [0.717, 1.165) is 34.2 Å². The first-order valence-corrected chi connectivity index (χ1v) is 10.5. The zero-order valence-electron chi connectivity index (χ0n) is 14.8. The van der Waals surface area contributed by atoms with Gasteiger partial charge in [0.2, 0.25) is 5.13 Å². The van der Waals surface area contributed by atoms with E-state index in [4.69, 9.17) is 16.3 Å². The number of halogens is 1. The van der Waals surface area contributed by atoms with Gasteiger partial charge in [-0.05, 0) is 50.5 Å². The van der Waals surface area contributed by atoms with Crippen LogP contribution in [0, 0.1) is 13.8 Å². The number of carbonyl (C=O) groups is 1. The first-order valence-electron chi connectivity index (χ1n) is 8.49. The topological polar surface area (TPSA) is 77.0 Å². The lowest BCUT2D eigenvalue weighted by atomic mass is 10.2. The number of aromatic nitrogens is 3. The second-order valence-electron chi connectivity index (χ2n) is 6.40. The second-order valence-corrected chi connectivity index (χ2v) is 8.90. The van der Waals surface area contributed by atoms with Crippen molar-refractivity contribution >= 4 is 45.3 Å². The zero-order valence-corrected chi connectivity index (χ0v) is 17.2. The first-order chi connectivity index (χ1) is 13.0. The average molecular weight is 421 g/mol. The monoisotopic (exact) mass is 420 g/mol. The highest BCUT2D eigenvalue weighted by molar-refractivity contribution is 7.16. The standard InChI is InChI=1S/C18H17ClN4O2S2/c1-9-7-12(5-6-13(9)19)25-8-14-20-10(2)15(26-14)16(24)21-18-23-22-17(27-18)11-3-4-11/h5-7,11H,3-4,8H2,1-2H3,(H,21,23,24). The van der Waals surface area contributed by atoms with Crippen LogP contribution in [0.3, 0.4) is 0 Å². The lowest BCUT2D eigenvalue weighted by Gasteiger charge is -2.05. The van der Waals surface area contributed by atoms with Crippen LogP contribution in [0.25, 0.3) is 0 Å². The third kappa shape index (κ3) is 4.28. The van der Waals surface area contributed by atoms with Crippen molar-refractivity contribution in [3.8, 4) is 5.75 Å². The Bertz CT molecular complexity index is 997. The van der Waals surface area contributed by atoms with Crippen LogP contribution in [0.2, 0.25) is 5.02 Å². The van der Waals surface area contributed by atoms with E-state index in [1.807, 2.05) is 26.0 Å². The van der Waals surface area contributed by atoms with Gasteiger partial charge >= 0.3 is 0 Å². The van der Waals surface area contributed by atoms with Crippen molar-refractivity contribution in [3.63, 3.8) is 0 Å². The summed E-state index contributed by atoms with van der Waals surface area (Å²) in [4.78, 5) is 17.5. The van der Waals surface area contributed by atoms with Gasteiger partial charge in [0.05, 0.1) is 5.69 Å². The molecular formula is C18H17ClN4O2S2. The Labute approximate surface area is 169 Å². The summed E-state index contributed by atoms with van der Waals surface area (Å²) in [6.07, 6.45) is 2.32. The van der Waals surface area contributed by atoms with E-state index < -0.39 is 0 Å². The zero-order chi connectivity index (χ0) is 19.0. The SMILES string of the molecule is Cc1cc(OCc2nc(C)c(C(=O)Nc3nnc(C4CC4)s3)s2)ccc1Cl. The second kappa shape index (κ2) is 7.53. The van der Waals surface area contributed by atoms with E-state index in [0.29, 0.717) is 33.3 Å². The molecule has 1 saturated carbocycles. The van der Waals surface area contributed by atoms with Crippen molar-refractivity contribution < 1.29 is 9.53 Å². The summed E-state index contributed by atoms with van der Waals surface area (Å²) in [6.45, 7) is 4.04. The molecule has 0 bridgehead atoms. The smallest absolute Gasteiger partial charge is 0.269 e. The summed E-state index contributed by atoms with van der Waals surface area (Å²) in [7, 11) is 0. The maximum atomic E-state index is 12.5. The fourth-order valence-electron chi connectivity index (χ4n) is 2.51. The van der Waals surface area contributed by atoms with Crippen LogP contribution in [-0.4, -0.2) is 21.1 Å². The number of rotatable bonds is 6. The van der Waals surface area contributed by atoms with Gasteiger partial charge in [-0.2, -0.15) is 0 Å². The Kier molecular flexibility index (Phi) is 5.12. The highest BCUT2D eigenvalue weighted by Crippen LogP contribution is 2.42. The third-order valence-electron chi connectivity index (χ3n) is 4.13. The first kappa shape index (κ1) is 18.3. The molecule has 9 heteroatoms. The van der Waals surface area contributed by atoms with Crippen molar-refractivity contribution in [2.75, 3.05) is 5.32 Å². The molecule has 140 valence electrons. The fourth-order valence-corrected chi connectivity index (χ4v) is 4.41. The normalized spacial score (nSPS) is 13.6. The molecule has 0 unspecified atom stereocenters. The highest BCUT2D eigenvalue weighted by Gasteiger charge is 2.28. The molecule has 1 amide bonds. The number of thiazole rings is 1. The minimum absolute atomic E-state index is 0.211. The molecule has 2 aromatic heterocycles. The van der Waals surface area contributed by atoms with Crippen LogP contribution >= 0.6 is 34.3 Å². The summed E-state index contributed by atoms with van der Waals surface area (Å²) in [5.74, 6) is 1.04. The van der Waals surface area contributed by atoms with Crippen LogP contribution in [0.15, 0.2) is 18.2 Å². The fraction of sp³-hybridized carbons (Fsp3) is 0.333. The van der Waals surface area contributed by atoms with Crippen LogP contribution in [-0.2, 0) is 6.61 Å². The van der Waals surface area contributed by atoms with E-state index in [1.165, 1.54) is 22.7 Å². The Morgan fingerprint density at radius 1 is 1.30 bits per heavy atom. The van der Waals surface area contributed by atoms with E-state index >= 15 is 0 Å². The Hall–Kier alpha value is -2.03. The van der Waals surface area contributed by atoms with Gasteiger partial charge in [0.15, 0.2) is 0 Å². The van der Waals surface area contributed by atoms with Gasteiger partial charge in [-0.3, -0.25) is 10.1 Å². The number of aryl methyl sites for hydroxylation is 2. The number of benzene rings is 1. The summed E-state index contributed by atoms with van der Waals surface area (Å²) in [6, 6.07) is 5.50. The molecule has 1 aromatic carbocycles. The van der Waals surface area contributed by atoms with Crippen LogP contribution in [0.1, 0.15) is 49.7 Å². The maximum absolute atomic E-state index is 12.5. The van der Waals surface area contributed by atoms with E-state index in [-0.39, 0.29) is 5.91 Å². The predicted octanol–water partition coefficient (Wildman–Crippen LogP) is 4.97. The van der Waals surface area contributed by atoms with Crippen LogP contribution in [0.5, 0.6) is 5.75 Å². The molecule has 0 saturated heterocycles. The van der Waals surface area contributed by atoms with Gasteiger partial charge in [-0.25, -0.2) is 4.98 Å². The summed E-state index contributed by atoms with van der Waals surface area (Å²) in [5.41, 5.74) is 1.63. The molecule has 1 fully saturated rings. The molecule has 1 aliphatic carbocycles. The molecule has 0 radical (unpaired) electrons. The summed E-state index contributed by atoms with van der Waals surface area (Å²) >= 11 is 8.79. The maximum Gasteiger partial charge on any atom is 0.269 e. The van der Waals surface area contributed by atoms with Crippen molar-refractivity contribution in [2.24, 2.45) is 0 Å². The molecule has 1 N–H and O–H groups in total. The molecule has 0 aliphatic heterocycles. The average Bonchev–Trinajstić information content (AvgIpc) is 3.27. The number of carbonyl (C=O) groups excluding carboxylic acids is 1. The lowest BCUT2D eigenvalue weighted by molar-refractivity contribution is 0.102. The van der Waals surface area contributed by atoms with Gasteiger partial charge in [0.25, 0.3) is 5.91 Å². The quantitative estimate of drug-likeness (QED) is 0.608. The lowest BCUT2D eigenvalue weighted by Crippen LogP contribution is -2.11. The van der Waals surface area contributed by atoms with Crippen molar-refractivity contribution in [2.45, 2.75) is 39.2 Å². The minimum atomic E-state index is -0.211. The Morgan fingerprint density at radius 3 is 2.85 bits per heavy atom. The van der Waals surface area contributed by atoms with Crippen molar-refractivity contribution in [1.29, 1.82) is 0 Å². The number of amides is 1. The molecule has 4 rings (SSSR count). The van der Waals surface area contributed by atoms with Crippen molar-refractivity contribution in [1.82, 2.24) is 15.2 Å². The van der Waals surface area contributed by atoms with Gasteiger partial charge < -0.3 is 4.74 Å². The molecule has 6 nitrogen and oxygen atoms in total. The Balaban J connectivity index is 1.40. The van der Waals surface area contributed by atoms with Crippen LogP contribution in [0.4, 0.5) is 5.13 Å². The number of hydrogen-bond donors (Lipinski definition) is 1. The minimum Gasteiger partial charge on any atom is -0.486 e. The molecular weight excluding hydrogens is 404 g/mol. The van der Waals surface area contributed by atoms with E-state index in [9.17, 15) is 4.79 Å². The molecule has 2 heterocycles. The number of nitrogens with one attached hydrogen (secondary N) is 1. The van der Waals surface area contributed by atoms with E-state index in [1.54, 1.807) is 6.07 Å². The summed E-state index contributed by atoms with van der Waals surface area (Å²) in [5, 5.41) is 14.0. The summed E-state index contributed by atoms with van der Waals surface area (Å²) < 4.78 is 5.77. The van der Waals surface area contributed by atoms with Gasteiger partial charge in [0, 0.05) is 10.9 Å². The molecule has 0 spiro atoms. The van der Waals surface area contributed by atoms with Crippen molar-refractivity contribution in [3.05, 3.63) is 49.4 Å². The van der Waals surface area contributed by atoms with Gasteiger partial charge in [-0.15, -0.1) is 21.5 Å².